The van der Waals surface area contributed by atoms with Crippen molar-refractivity contribution in [2.75, 3.05) is 6.61 Å². The number of nitrogens with one attached hydrogen (secondary N) is 1. The minimum absolute atomic E-state index is 0.0902. The molecule has 10 heavy (non-hydrogen) atoms. The van der Waals surface area contributed by atoms with Gasteiger partial charge in [-0.05, 0) is 6.42 Å². The largest absolute Gasteiger partial charge is 0.447 e. The molecule has 56 valence electrons. The van der Waals surface area contributed by atoms with Crippen molar-refractivity contribution in [1.82, 2.24) is 5.32 Å². The summed E-state index contributed by atoms with van der Waals surface area (Å²) in [6.45, 7) is 2.52. The number of cyclic esters (lactones) is 1. The van der Waals surface area contributed by atoms with Crippen LogP contribution in [-0.4, -0.2) is 18.7 Å². The highest BCUT2D eigenvalue weighted by Crippen LogP contribution is 1.98. The molecule has 3 nitrogen and oxygen atoms in total. The number of carbonyl (C=O) groups is 1. The molecule has 1 N–H and O–H groups in total. The Morgan fingerprint density at radius 3 is 3.20 bits per heavy atom. The van der Waals surface area contributed by atoms with E-state index < -0.39 is 0 Å². The molecule has 1 amide bonds. The van der Waals surface area contributed by atoms with Crippen LogP contribution in [0.4, 0.5) is 4.79 Å². The molecule has 1 aliphatic heterocycles. The van der Waals surface area contributed by atoms with E-state index in [-0.39, 0.29) is 12.1 Å². The third-order valence-electron chi connectivity index (χ3n) is 1.30. The van der Waals surface area contributed by atoms with E-state index in [4.69, 9.17) is 0 Å². The lowest BCUT2D eigenvalue weighted by Gasteiger charge is -1.96. The van der Waals surface area contributed by atoms with Crippen LogP contribution in [0.2, 0.25) is 0 Å². The first kappa shape index (κ1) is 7.12. The van der Waals surface area contributed by atoms with Crippen molar-refractivity contribution >= 4 is 6.09 Å². The fourth-order valence-corrected chi connectivity index (χ4v) is 0.804. The number of hydrogen-bond acceptors (Lipinski definition) is 2. The van der Waals surface area contributed by atoms with Gasteiger partial charge in [-0.25, -0.2) is 4.79 Å². The molecule has 1 saturated heterocycles. The highest BCUT2D eigenvalue weighted by Gasteiger charge is 2.18. The molecule has 0 aromatic rings. The SMILES string of the molecule is CCC=CC1COC(=O)N1. The van der Waals surface area contributed by atoms with Gasteiger partial charge >= 0.3 is 6.09 Å². The Balaban J connectivity index is 2.31. The number of allylic oxidation sites excluding steroid dienone is 1. The van der Waals surface area contributed by atoms with Gasteiger partial charge in [0.1, 0.15) is 6.61 Å². The number of rotatable bonds is 2. The second-order valence-corrected chi connectivity index (χ2v) is 2.19. The van der Waals surface area contributed by atoms with Gasteiger partial charge in [0.25, 0.3) is 0 Å². The summed E-state index contributed by atoms with van der Waals surface area (Å²) >= 11 is 0. The number of carbonyl (C=O) groups excluding carboxylic acids is 1. The van der Waals surface area contributed by atoms with Crippen LogP contribution in [0.15, 0.2) is 12.2 Å². The molecule has 1 aliphatic rings. The highest BCUT2D eigenvalue weighted by atomic mass is 16.6. The maximum absolute atomic E-state index is 10.4. The molecule has 0 saturated carbocycles. The van der Waals surface area contributed by atoms with Gasteiger partial charge in [-0.3, -0.25) is 0 Å². The Bertz CT molecular complexity index is 154. The molecule has 3 heteroatoms. The zero-order chi connectivity index (χ0) is 7.40. The average Bonchev–Trinajstić information content (AvgIpc) is 2.31. The summed E-state index contributed by atoms with van der Waals surface area (Å²) in [5, 5.41) is 2.64. The van der Waals surface area contributed by atoms with E-state index in [0.717, 1.165) is 6.42 Å². The fourth-order valence-electron chi connectivity index (χ4n) is 0.804. The summed E-state index contributed by atoms with van der Waals surface area (Å²) in [7, 11) is 0. The van der Waals surface area contributed by atoms with Crippen LogP contribution < -0.4 is 5.32 Å². The molecule has 1 unspecified atom stereocenters. The monoisotopic (exact) mass is 141 g/mol. The van der Waals surface area contributed by atoms with Gasteiger partial charge in [0.2, 0.25) is 0 Å². The van der Waals surface area contributed by atoms with Gasteiger partial charge in [-0.2, -0.15) is 0 Å². The van der Waals surface area contributed by atoms with E-state index in [0.29, 0.717) is 6.61 Å². The van der Waals surface area contributed by atoms with Crippen molar-refractivity contribution in [2.45, 2.75) is 19.4 Å². The molecule has 0 radical (unpaired) electrons. The van der Waals surface area contributed by atoms with Gasteiger partial charge in [0.15, 0.2) is 0 Å². The predicted octanol–water partition coefficient (Wildman–Crippen LogP) is 1.06. The first-order valence-electron chi connectivity index (χ1n) is 3.43. The van der Waals surface area contributed by atoms with Crippen LogP contribution in [0, 0.1) is 0 Å². The minimum atomic E-state index is -0.314. The van der Waals surface area contributed by atoms with Crippen molar-refractivity contribution < 1.29 is 9.53 Å². The van der Waals surface area contributed by atoms with Gasteiger partial charge in [0.05, 0.1) is 6.04 Å². The number of hydrogen-bond donors (Lipinski definition) is 1. The predicted molar refractivity (Wildman–Crippen MR) is 37.7 cm³/mol. The second kappa shape index (κ2) is 3.25. The molecule has 1 rings (SSSR count). The Morgan fingerprint density at radius 1 is 1.90 bits per heavy atom. The summed E-state index contributed by atoms with van der Waals surface area (Å²) in [6.07, 6.45) is 4.64. The lowest BCUT2D eigenvalue weighted by atomic mass is 10.3. The van der Waals surface area contributed by atoms with Gasteiger partial charge in [0, 0.05) is 0 Å². The van der Waals surface area contributed by atoms with Crippen LogP contribution >= 0.6 is 0 Å². The fraction of sp³-hybridized carbons (Fsp3) is 0.571. The van der Waals surface area contributed by atoms with Crippen molar-refractivity contribution in [3.05, 3.63) is 12.2 Å². The summed E-state index contributed by atoms with van der Waals surface area (Å²) in [6, 6.07) is 0.0902. The van der Waals surface area contributed by atoms with Crippen molar-refractivity contribution in [2.24, 2.45) is 0 Å². The van der Waals surface area contributed by atoms with E-state index in [9.17, 15) is 4.79 Å². The molecule has 1 atom stereocenters. The van der Waals surface area contributed by atoms with E-state index in [2.05, 4.69) is 10.1 Å². The smallest absolute Gasteiger partial charge is 0.407 e. The number of alkyl carbamates (subject to hydrolysis) is 1. The van der Waals surface area contributed by atoms with Crippen LogP contribution in [0.1, 0.15) is 13.3 Å². The van der Waals surface area contributed by atoms with Crippen molar-refractivity contribution in [3.63, 3.8) is 0 Å². The highest BCUT2D eigenvalue weighted by molar-refractivity contribution is 5.70. The zero-order valence-corrected chi connectivity index (χ0v) is 5.96. The third-order valence-corrected chi connectivity index (χ3v) is 1.30. The Hall–Kier alpha value is -0.990. The van der Waals surface area contributed by atoms with Crippen LogP contribution in [0.5, 0.6) is 0 Å². The molecular weight excluding hydrogens is 130 g/mol. The average molecular weight is 141 g/mol. The standard InChI is InChI=1S/C7H11NO2/c1-2-3-4-6-5-10-7(9)8-6/h3-4,6H,2,5H2,1H3,(H,8,9). The molecule has 0 spiro atoms. The van der Waals surface area contributed by atoms with Gasteiger partial charge in [-0.1, -0.05) is 19.1 Å². The quantitative estimate of drug-likeness (QED) is 0.584. The summed E-state index contributed by atoms with van der Waals surface area (Å²) in [4.78, 5) is 10.4. The zero-order valence-electron chi connectivity index (χ0n) is 5.96. The first-order valence-corrected chi connectivity index (χ1v) is 3.43. The molecule has 0 bridgehead atoms. The maximum atomic E-state index is 10.4. The Labute approximate surface area is 60.1 Å². The van der Waals surface area contributed by atoms with Gasteiger partial charge in [-0.15, -0.1) is 0 Å². The number of amides is 1. The number of ether oxygens (including phenoxy) is 1. The van der Waals surface area contributed by atoms with Crippen LogP contribution in [0.25, 0.3) is 0 Å². The Kier molecular flexibility index (Phi) is 2.31. The molecule has 0 aromatic carbocycles. The second-order valence-electron chi connectivity index (χ2n) is 2.19. The molecule has 1 heterocycles. The lowest BCUT2D eigenvalue weighted by Crippen LogP contribution is -2.23. The van der Waals surface area contributed by atoms with Crippen LogP contribution in [-0.2, 0) is 4.74 Å². The van der Waals surface area contributed by atoms with E-state index >= 15 is 0 Å². The molecule has 0 aromatic heterocycles. The Morgan fingerprint density at radius 2 is 2.70 bits per heavy atom. The van der Waals surface area contributed by atoms with Gasteiger partial charge < -0.3 is 10.1 Å². The third kappa shape index (κ3) is 1.76. The van der Waals surface area contributed by atoms with Crippen LogP contribution in [0.3, 0.4) is 0 Å². The topological polar surface area (TPSA) is 38.3 Å². The molecular formula is C7H11NO2. The normalized spacial score (nSPS) is 24.9. The van der Waals surface area contributed by atoms with E-state index in [1.807, 2.05) is 19.1 Å². The summed E-state index contributed by atoms with van der Waals surface area (Å²) < 4.78 is 4.66. The van der Waals surface area contributed by atoms with Crippen molar-refractivity contribution in [1.29, 1.82) is 0 Å². The molecule has 0 aliphatic carbocycles. The maximum Gasteiger partial charge on any atom is 0.407 e. The summed E-state index contributed by atoms with van der Waals surface area (Å²) in [5.74, 6) is 0. The summed E-state index contributed by atoms with van der Waals surface area (Å²) in [5.41, 5.74) is 0. The van der Waals surface area contributed by atoms with Crippen molar-refractivity contribution in [3.8, 4) is 0 Å². The van der Waals surface area contributed by atoms with E-state index in [1.165, 1.54) is 0 Å². The molecule has 1 fully saturated rings. The lowest BCUT2D eigenvalue weighted by molar-refractivity contribution is 0.177. The van der Waals surface area contributed by atoms with E-state index in [1.54, 1.807) is 0 Å². The minimum Gasteiger partial charge on any atom is -0.447 e. The first-order chi connectivity index (χ1) is 4.83.